The lowest BCUT2D eigenvalue weighted by molar-refractivity contribution is 0.669. The molecule has 0 fully saturated rings. The molecule has 0 N–H and O–H groups in total. The van der Waals surface area contributed by atoms with Gasteiger partial charge in [-0.25, -0.2) is 15.0 Å². The maximum atomic E-state index is 6.78. The number of nitrogens with zero attached hydrogens (tertiary/aromatic N) is 4. The number of fused-ring (bicyclic) bond motifs is 4. The quantitative estimate of drug-likeness (QED) is 0.177. The molecular weight excluding hydrogens is 637 g/mol. The molecule has 0 aliphatic rings. The van der Waals surface area contributed by atoms with Gasteiger partial charge in [-0.3, -0.25) is 4.57 Å². The van der Waals surface area contributed by atoms with Crippen LogP contribution in [0.25, 0.3) is 95.1 Å². The van der Waals surface area contributed by atoms with Gasteiger partial charge in [0.15, 0.2) is 5.82 Å². The van der Waals surface area contributed by atoms with Gasteiger partial charge in [-0.05, 0) is 53.6 Å². The summed E-state index contributed by atoms with van der Waals surface area (Å²) in [7, 11) is 0. The van der Waals surface area contributed by atoms with Crippen LogP contribution >= 0.6 is 0 Å². The van der Waals surface area contributed by atoms with Crippen LogP contribution in [-0.4, -0.2) is 19.5 Å². The zero-order valence-electron chi connectivity index (χ0n) is 28.0. The summed E-state index contributed by atoms with van der Waals surface area (Å²) in [5, 5.41) is 2.01. The molecule has 0 atom stereocenters. The Morgan fingerprint density at radius 3 is 1.85 bits per heavy atom. The number of hydrogen-bond acceptors (Lipinski definition) is 4. The lowest BCUT2D eigenvalue weighted by Gasteiger charge is -2.11. The van der Waals surface area contributed by atoms with Crippen LogP contribution in [0.1, 0.15) is 0 Å². The molecule has 0 aliphatic heterocycles. The van der Waals surface area contributed by atoms with Gasteiger partial charge in [0.25, 0.3) is 0 Å². The molecular formula is C47H30N4O. The van der Waals surface area contributed by atoms with E-state index >= 15 is 0 Å². The van der Waals surface area contributed by atoms with E-state index < -0.39 is 0 Å². The third-order valence-corrected chi connectivity index (χ3v) is 9.66. The van der Waals surface area contributed by atoms with E-state index in [1.54, 1.807) is 0 Å². The van der Waals surface area contributed by atoms with E-state index in [2.05, 4.69) is 138 Å². The Hall–Kier alpha value is -7.11. The summed E-state index contributed by atoms with van der Waals surface area (Å²) in [6.45, 7) is 0. The second-order valence-corrected chi connectivity index (χ2v) is 12.8. The summed E-state index contributed by atoms with van der Waals surface area (Å²) in [5.41, 5.74) is 12.5. The van der Waals surface area contributed by atoms with E-state index in [-0.39, 0.29) is 0 Å². The minimum absolute atomic E-state index is 0.669. The first-order valence-electron chi connectivity index (χ1n) is 17.4. The molecule has 10 aromatic rings. The van der Waals surface area contributed by atoms with Crippen LogP contribution in [0.2, 0.25) is 0 Å². The SMILES string of the molecule is c1ccc(-c2ccc(-c3cc(-c4cccc5oc6c(-c7nc8ccccc8n7-c7ccccc7)cccc6c45)nc(-c4ccccc4)n3)cc2)cc1. The van der Waals surface area contributed by atoms with Gasteiger partial charge in [-0.15, -0.1) is 0 Å². The van der Waals surface area contributed by atoms with Crippen LogP contribution in [0.3, 0.4) is 0 Å². The fraction of sp³-hybridized carbons (Fsp3) is 0. The van der Waals surface area contributed by atoms with Crippen LogP contribution in [-0.2, 0) is 0 Å². The molecule has 3 aromatic heterocycles. The van der Waals surface area contributed by atoms with Crippen molar-refractivity contribution in [2.45, 2.75) is 0 Å². The number of rotatable bonds is 6. The minimum Gasteiger partial charge on any atom is -0.455 e. The Bertz CT molecular complexity index is 2880. The summed E-state index contributed by atoms with van der Waals surface area (Å²) < 4.78 is 8.99. The van der Waals surface area contributed by atoms with Crippen LogP contribution in [0.4, 0.5) is 0 Å². The Morgan fingerprint density at radius 2 is 1.06 bits per heavy atom. The molecule has 0 spiro atoms. The summed E-state index contributed by atoms with van der Waals surface area (Å²) in [6.07, 6.45) is 0. The summed E-state index contributed by atoms with van der Waals surface area (Å²) in [6, 6.07) is 62.4. The van der Waals surface area contributed by atoms with Crippen LogP contribution < -0.4 is 0 Å². The third-order valence-electron chi connectivity index (χ3n) is 9.66. The Morgan fingerprint density at radius 1 is 0.442 bits per heavy atom. The molecule has 0 aliphatic carbocycles. The van der Waals surface area contributed by atoms with Crippen molar-refractivity contribution < 1.29 is 4.42 Å². The molecule has 0 saturated carbocycles. The first kappa shape index (κ1) is 29.8. The molecule has 0 saturated heterocycles. The van der Waals surface area contributed by atoms with Gasteiger partial charge in [-0.1, -0.05) is 140 Å². The lowest BCUT2D eigenvalue weighted by atomic mass is 9.99. The van der Waals surface area contributed by atoms with Crippen molar-refractivity contribution in [3.8, 4) is 62.1 Å². The summed E-state index contributed by atoms with van der Waals surface area (Å²) in [5.74, 6) is 1.50. The van der Waals surface area contributed by atoms with E-state index in [9.17, 15) is 0 Å². The number of imidazole rings is 1. The fourth-order valence-corrected chi connectivity index (χ4v) is 7.20. The Kier molecular flexibility index (Phi) is 7.07. The zero-order chi connectivity index (χ0) is 34.4. The van der Waals surface area contributed by atoms with Crippen molar-refractivity contribution in [2.24, 2.45) is 0 Å². The largest absolute Gasteiger partial charge is 0.455 e. The van der Waals surface area contributed by atoms with Crippen molar-refractivity contribution in [2.75, 3.05) is 0 Å². The average Bonchev–Trinajstić information content (AvgIpc) is 3.81. The highest BCUT2D eigenvalue weighted by Gasteiger charge is 2.22. The molecule has 0 amide bonds. The van der Waals surface area contributed by atoms with Crippen molar-refractivity contribution in [1.29, 1.82) is 0 Å². The predicted octanol–water partition coefficient (Wildman–Crippen LogP) is 12.0. The smallest absolute Gasteiger partial charge is 0.160 e. The normalized spacial score (nSPS) is 11.5. The van der Waals surface area contributed by atoms with Gasteiger partial charge in [0.05, 0.1) is 28.0 Å². The highest BCUT2D eigenvalue weighted by atomic mass is 16.3. The molecule has 0 unspecified atom stereocenters. The summed E-state index contributed by atoms with van der Waals surface area (Å²) in [4.78, 5) is 15.5. The molecule has 0 bridgehead atoms. The number of hydrogen-bond donors (Lipinski definition) is 0. The van der Waals surface area contributed by atoms with Crippen LogP contribution in [0.15, 0.2) is 186 Å². The monoisotopic (exact) mass is 666 g/mol. The average molecular weight is 667 g/mol. The molecule has 52 heavy (non-hydrogen) atoms. The van der Waals surface area contributed by atoms with Crippen molar-refractivity contribution in [3.63, 3.8) is 0 Å². The number of benzene rings is 7. The minimum atomic E-state index is 0.669. The second kappa shape index (κ2) is 12.3. The van der Waals surface area contributed by atoms with Gasteiger partial charge >= 0.3 is 0 Å². The zero-order valence-corrected chi connectivity index (χ0v) is 28.0. The van der Waals surface area contributed by atoms with Gasteiger partial charge in [-0.2, -0.15) is 0 Å². The van der Waals surface area contributed by atoms with Gasteiger partial charge in [0.1, 0.15) is 17.0 Å². The standard InChI is InChI=1S/C47H30N4O/c1-4-14-31(15-5-1)32-26-28-33(29-27-32)40-30-41(49-46(48-40)34-16-6-2-7-17-34)36-20-13-25-43-44(36)37-21-12-22-38(45(37)52-43)47-50-39-23-10-11-24-42(39)51(47)35-18-8-3-9-19-35/h1-30H. The number of furan rings is 1. The van der Waals surface area contributed by atoms with E-state index in [0.717, 1.165) is 83.7 Å². The number of para-hydroxylation sites is 4. The maximum absolute atomic E-state index is 6.78. The van der Waals surface area contributed by atoms with E-state index in [1.165, 1.54) is 5.56 Å². The molecule has 5 heteroatoms. The second-order valence-electron chi connectivity index (χ2n) is 12.8. The topological polar surface area (TPSA) is 56.7 Å². The molecule has 244 valence electrons. The van der Waals surface area contributed by atoms with Crippen molar-refractivity contribution in [3.05, 3.63) is 182 Å². The van der Waals surface area contributed by atoms with E-state index in [4.69, 9.17) is 19.4 Å². The van der Waals surface area contributed by atoms with Crippen molar-refractivity contribution in [1.82, 2.24) is 19.5 Å². The van der Waals surface area contributed by atoms with Gasteiger partial charge in [0.2, 0.25) is 0 Å². The van der Waals surface area contributed by atoms with Gasteiger partial charge in [0, 0.05) is 33.2 Å². The third kappa shape index (κ3) is 5.07. The molecule has 7 aromatic carbocycles. The molecule has 3 heterocycles. The first-order chi connectivity index (χ1) is 25.8. The molecule has 5 nitrogen and oxygen atoms in total. The van der Waals surface area contributed by atoms with Gasteiger partial charge < -0.3 is 4.42 Å². The van der Waals surface area contributed by atoms with Crippen LogP contribution in [0, 0.1) is 0 Å². The highest BCUT2D eigenvalue weighted by molar-refractivity contribution is 6.15. The maximum Gasteiger partial charge on any atom is 0.160 e. The predicted molar refractivity (Wildman–Crippen MR) is 211 cm³/mol. The molecule has 10 rings (SSSR count). The number of aromatic nitrogens is 4. The van der Waals surface area contributed by atoms with Crippen molar-refractivity contribution >= 4 is 33.0 Å². The lowest BCUT2D eigenvalue weighted by Crippen LogP contribution is -1.97. The fourth-order valence-electron chi connectivity index (χ4n) is 7.20. The Labute approximate surface area is 300 Å². The highest BCUT2D eigenvalue weighted by Crippen LogP contribution is 2.42. The van der Waals surface area contributed by atoms with Crippen LogP contribution in [0.5, 0.6) is 0 Å². The first-order valence-corrected chi connectivity index (χ1v) is 17.4. The Balaban J connectivity index is 1.17. The van der Waals surface area contributed by atoms with E-state index in [1.807, 2.05) is 48.5 Å². The van der Waals surface area contributed by atoms with E-state index in [0.29, 0.717) is 5.82 Å². The summed E-state index contributed by atoms with van der Waals surface area (Å²) >= 11 is 0. The molecule has 0 radical (unpaired) electrons.